The van der Waals surface area contributed by atoms with E-state index in [1.807, 2.05) is 42.5 Å². The third kappa shape index (κ3) is 12.6. The van der Waals surface area contributed by atoms with Crippen LogP contribution in [0.1, 0.15) is 76.6 Å². The summed E-state index contributed by atoms with van der Waals surface area (Å²) in [5.74, 6) is 1.01. The predicted octanol–water partition coefficient (Wildman–Crippen LogP) is 7.07. The molecule has 1 atom stereocenters. The smallest absolute Gasteiger partial charge is 0.255 e. The van der Waals surface area contributed by atoms with Crippen LogP contribution in [-0.4, -0.2) is 88.2 Å². The predicted molar refractivity (Wildman–Crippen MR) is 225 cm³/mol. The van der Waals surface area contributed by atoms with Crippen molar-refractivity contribution in [3.8, 4) is 11.3 Å². The number of fused-ring (bicyclic) bond motifs is 1. The van der Waals surface area contributed by atoms with Gasteiger partial charge in [0.25, 0.3) is 11.8 Å². The Morgan fingerprint density at radius 3 is 2.52 bits per heavy atom. The van der Waals surface area contributed by atoms with Crippen LogP contribution in [0.4, 0.5) is 11.4 Å². The molecule has 3 N–H and O–H groups in total. The summed E-state index contributed by atoms with van der Waals surface area (Å²) in [7, 11) is 1.62. The normalized spacial score (nSPS) is 13.4. The lowest BCUT2D eigenvalue weighted by Crippen LogP contribution is -2.31. The largest absolute Gasteiger partial charge is 0.382 e. The number of thioether (sulfide) groups is 1. The molecule has 1 aliphatic rings. The molecule has 0 spiro atoms. The van der Waals surface area contributed by atoms with E-state index in [1.54, 1.807) is 43.3 Å². The SMILES string of the molecule is CCN(CC)c1ccc(NC(=O)c2cccc(CSCCOCCC(=O)NCCOCCOC)c2)c(-c2cc(C(=O)NC3CCCc4ccccc43)ccn2)c1. The van der Waals surface area contributed by atoms with Gasteiger partial charge >= 0.3 is 0 Å². The Hall–Kier alpha value is -4.75. The highest BCUT2D eigenvalue weighted by Gasteiger charge is 2.23. The fourth-order valence-electron chi connectivity index (χ4n) is 6.67. The molecule has 1 heterocycles. The van der Waals surface area contributed by atoms with Gasteiger partial charge in [-0.2, -0.15) is 11.8 Å². The minimum atomic E-state index is -0.235. The van der Waals surface area contributed by atoms with Crippen LogP contribution in [0.2, 0.25) is 0 Å². The molecule has 0 saturated carbocycles. The van der Waals surface area contributed by atoms with Crippen LogP contribution in [0.5, 0.6) is 0 Å². The highest BCUT2D eigenvalue weighted by Crippen LogP contribution is 2.33. The molecule has 12 heteroatoms. The molecule has 0 radical (unpaired) electrons. The summed E-state index contributed by atoms with van der Waals surface area (Å²) in [6.45, 7) is 8.68. The van der Waals surface area contributed by atoms with Crippen molar-refractivity contribution in [1.29, 1.82) is 0 Å². The summed E-state index contributed by atoms with van der Waals surface area (Å²) in [5, 5.41) is 9.21. The Bertz CT molecular complexity index is 1890. The van der Waals surface area contributed by atoms with Crippen LogP contribution in [-0.2, 0) is 31.2 Å². The van der Waals surface area contributed by atoms with Gasteiger partial charge in [0.15, 0.2) is 0 Å². The van der Waals surface area contributed by atoms with Crippen LogP contribution in [0.15, 0.2) is 85.1 Å². The molecule has 0 aliphatic heterocycles. The summed E-state index contributed by atoms with van der Waals surface area (Å²) in [6.07, 6.45) is 4.90. The number of carbonyl (C=O) groups is 3. The molecule has 0 fully saturated rings. The second kappa shape index (κ2) is 22.7. The molecule has 5 rings (SSSR count). The number of hydrogen-bond acceptors (Lipinski definition) is 9. The van der Waals surface area contributed by atoms with Gasteiger partial charge in [-0.3, -0.25) is 19.4 Å². The number of carbonyl (C=O) groups excluding carboxylic acids is 3. The number of aromatic nitrogens is 1. The number of methoxy groups -OCH3 is 1. The van der Waals surface area contributed by atoms with Crippen LogP contribution in [0.3, 0.4) is 0 Å². The van der Waals surface area contributed by atoms with Crippen molar-refractivity contribution in [3.63, 3.8) is 0 Å². The minimum absolute atomic E-state index is 0.0414. The van der Waals surface area contributed by atoms with E-state index < -0.39 is 0 Å². The summed E-state index contributed by atoms with van der Waals surface area (Å²) >= 11 is 1.70. The Morgan fingerprint density at radius 2 is 1.68 bits per heavy atom. The molecular formula is C44H55N5O6S. The number of aryl methyl sites for hydroxylation is 1. The van der Waals surface area contributed by atoms with E-state index in [0.717, 1.165) is 54.9 Å². The van der Waals surface area contributed by atoms with Crippen molar-refractivity contribution >= 4 is 40.9 Å². The van der Waals surface area contributed by atoms with E-state index in [9.17, 15) is 14.4 Å². The second-order valence-electron chi connectivity index (χ2n) is 13.5. The molecule has 1 aromatic heterocycles. The average Bonchev–Trinajstić information content (AvgIpc) is 3.23. The Balaban J connectivity index is 1.18. The number of anilines is 2. The highest BCUT2D eigenvalue weighted by atomic mass is 32.2. The first-order valence-corrected chi connectivity index (χ1v) is 20.7. The molecule has 3 aromatic carbocycles. The summed E-state index contributed by atoms with van der Waals surface area (Å²) in [5.41, 5.74) is 7.49. The van der Waals surface area contributed by atoms with Gasteiger partial charge in [0.1, 0.15) is 0 Å². The maximum Gasteiger partial charge on any atom is 0.255 e. The molecule has 11 nitrogen and oxygen atoms in total. The van der Waals surface area contributed by atoms with Gasteiger partial charge in [0.05, 0.1) is 50.5 Å². The van der Waals surface area contributed by atoms with Gasteiger partial charge < -0.3 is 35.1 Å². The van der Waals surface area contributed by atoms with E-state index in [1.165, 1.54) is 11.1 Å². The van der Waals surface area contributed by atoms with E-state index in [4.69, 9.17) is 14.2 Å². The molecule has 56 heavy (non-hydrogen) atoms. The Morgan fingerprint density at radius 1 is 0.857 bits per heavy atom. The molecule has 1 aliphatic carbocycles. The number of hydrogen-bond donors (Lipinski definition) is 3. The number of ether oxygens (including phenoxy) is 3. The van der Waals surface area contributed by atoms with Gasteiger partial charge in [-0.15, -0.1) is 0 Å². The molecule has 0 saturated heterocycles. The first-order chi connectivity index (χ1) is 27.4. The number of amides is 3. The van der Waals surface area contributed by atoms with E-state index in [0.29, 0.717) is 74.3 Å². The number of nitrogens with zero attached hydrogens (tertiary/aromatic N) is 2. The van der Waals surface area contributed by atoms with Crippen molar-refractivity contribution in [2.45, 2.75) is 51.3 Å². The standard InChI is InChI=1S/C44H55N5O6S/c1-4-49(5-2)36-16-17-40(38(30-36)41-29-35(18-20-45-41)44(52)47-39-15-9-12-33-11-6-7-14-37(33)39)48-43(51)34-13-8-10-32(28-34)31-56-27-26-54-22-19-42(50)46-21-23-55-25-24-53-3/h6-8,10-11,13-14,16-18,20,28-30,39H,4-5,9,12,15,19,21-27,31H2,1-3H3,(H,46,50)(H,47,52)(H,48,51). The first-order valence-electron chi connectivity index (χ1n) is 19.5. The molecule has 298 valence electrons. The van der Waals surface area contributed by atoms with Gasteiger partial charge in [-0.05, 0) is 92.3 Å². The van der Waals surface area contributed by atoms with Crippen LogP contribution in [0, 0.1) is 0 Å². The monoisotopic (exact) mass is 781 g/mol. The zero-order chi connectivity index (χ0) is 39.5. The fourth-order valence-corrected chi connectivity index (χ4v) is 7.47. The summed E-state index contributed by atoms with van der Waals surface area (Å²) in [4.78, 5) is 46.3. The van der Waals surface area contributed by atoms with Crippen LogP contribution >= 0.6 is 11.8 Å². The van der Waals surface area contributed by atoms with Gasteiger partial charge in [0, 0.05) is 73.2 Å². The van der Waals surface area contributed by atoms with Crippen LogP contribution in [0.25, 0.3) is 11.3 Å². The quantitative estimate of drug-likeness (QED) is 0.0717. The molecule has 3 amide bonds. The topological polar surface area (TPSA) is 131 Å². The Kier molecular flexibility index (Phi) is 17.2. The molecular weight excluding hydrogens is 727 g/mol. The third-order valence-electron chi connectivity index (χ3n) is 9.66. The lowest BCUT2D eigenvalue weighted by atomic mass is 9.87. The van der Waals surface area contributed by atoms with Gasteiger partial charge in [-0.25, -0.2) is 0 Å². The number of benzene rings is 3. The third-order valence-corrected chi connectivity index (χ3v) is 10.6. The minimum Gasteiger partial charge on any atom is -0.382 e. The average molecular weight is 782 g/mol. The van der Waals surface area contributed by atoms with E-state index in [2.05, 4.69) is 57.9 Å². The van der Waals surface area contributed by atoms with Crippen molar-refractivity contribution in [3.05, 3.63) is 113 Å². The lowest BCUT2D eigenvalue weighted by molar-refractivity contribution is -0.122. The molecule has 4 aromatic rings. The number of nitrogens with one attached hydrogen (secondary N) is 3. The maximum absolute atomic E-state index is 13.7. The van der Waals surface area contributed by atoms with Crippen molar-refractivity contribution in [1.82, 2.24) is 15.6 Å². The van der Waals surface area contributed by atoms with Gasteiger partial charge in [0.2, 0.25) is 5.91 Å². The van der Waals surface area contributed by atoms with E-state index in [-0.39, 0.29) is 23.8 Å². The zero-order valence-electron chi connectivity index (χ0n) is 32.8. The van der Waals surface area contributed by atoms with E-state index >= 15 is 0 Å². The lowest BCUT2D eigenvalue weighted by Gasteiger charge is -2.26. The molecule has 0 bridgehead atoms. The van der Waals surface area contributed by atoms with Gasteiger partial charge in [-0.1, -0.05) is 36.4 Å². The van der Waals surface area contributed by atoms with Crippen LogP contribution < -0.4 is 20.9 Å². The maximum atomic E-state index is 13.7. The first kappa shape index (κ1) is 42.4. The van der Waals surface area contributed by atoms with Crippen molar-refractivity contribution < 1.29 is 28.6 Å². The fraction of sp³-hybridized carbons (Fsp3) is 0.409. The van der Waals surface area contributed by atoms with Crippen molar-refractivity contribution in [2.24, 2.45) is 0 Å². The zero-order valence-corrected chi connectivity index (χ0v) is 33.6. The summed E-state index contributed by atoms with van der Waals surface area (Å²) < 4.78 is 15.9. The Labute approximate surface area is 335 Å². The summed E-state index contributed by atoms with van der Waals surface area (Å²) in [6, 6.07) is 25.4. The van der Waals surface area contributed by atoms with Crippen molar-refractivity contribution in [2.75, 3.05) is 75.7 Å². The highest BCUT2D eigenvalue weighted by molar-refractivity contribution is 7.98. The number of pyridine rings is 1. The molecule has 1 unspecified atom stereocenters. The number of rotatable bonds is 22. The second-order valence-corrected chi connectivity index (χ2v) is 14.6.